The van der Waals surface area contributed by atoms with Crippen molar-refractivity contribution in [2.75, 3.05) is 12.4 Å². The van der Waals surface area contributed by atoms with Gasteiger partial charge in [-0.3, -0.25) is 4.79 Å². The summed E-state index contributed by atoms with van der Waals surface area (Å²) in [6.07, 6.45) is 0.252. The van der Waals surface area contributed by atoms with Gasteiger partial charge in [0.2, 0.25) is 5.91 Å². The number of ether oxygens (including phenoxy) is 1. The van der Waals surface area contributed by atoms with E-state index >= 15 is 0 Å². The number of carbonyl (C=O) groups is 1. The van der Waals surface area contributed by atoms with Gasteiger partial charge in [-0.15, -0.1) is 11.3 Å². The molecule has 128 valence electrons. The minimum Gasteiger partial charge on any atom is -0.496 e. The van der Waals surface area contributed by atoms with E-state index in [-0.39, 0.29) is 12.3 Å². The SMILES string of the molecule is COc1ccccc1CC(=O)Nc1nc(-c2ccc(C)cc2)c(C)s1. The van der Waals surface area contributed by atoms with Crippen molar-refractivity contribution in [2.45, 2.75) is 20.3 Å². The summed E-state index contributed by atoms with van der Waals surface area (Å²) in [7, 11) is 1.61. The molecule has 0 saturated carbocycles. The van der Waals surface area contributed by atoms with Crippen molar-refractivity contribution in [3.63, 3.8) is 0 Å². The van der Waals surface area contributed by atoms with Gasteiger partial charge in [-0.05, 0) is 19.9 Å². The second kappa shape index (κ2) is 7.49. The van der Waals surface area contributed by atoms with Crippen LogP contribution in [0, 0.1) is 13.8 Å². The second-order valence-electron chi connectivity index (χ2n) is 5.83. The van der Waals surface area contributed by atoms with Crippen LogP contribution in [0.3, 0.4) is 0 Å². The van der Waals surface area contributed by atoms with Gasteiger partial charge in [-0.2, -0.15) is 0 Å². The monoisotopic (exact) mass is 352 g/mol. The van der Waals surface area contributed by atoms with Crippen LogP contribution in [0.25, 0.3) is 11.3 Å². The molecule has 1 amide bonds. The summed E-state index contributed by atoms with van der Waals surface area (Å²) in [5.74, 6) is 0.613. The summed E-state index contributed by atoms with van der Waals surface area (Å²) in [5.41, 5.74) is 4.04. The highest BCUT2D eigenvalue weighted by Crippen LogP contribution is 2.30. The molecule has 25 heavy (non-hydrogen) atoms. The van der Waals surface area contributed by atoms with Crippen molar-refractivity contribution in [1.82, 2.24) is 4.98 Å². The Balaban J connectivity index is 1.74. The Hall–Kier alpha value is -2.66. The maximum Gasteiger partial charge on any atom is 0.230 e. The van der Waals surface area contributed by atoms with Gasteiger partial charge < -0.3 is 10.1 Å². The fourth-order valence-electron chi connectivity index (χ4n) is 2.61. The number of anilines is 1. The molecule has 0 aliphatic heterocycles. The number of hydrogen-bond acceptors (Lipinski definition) is 4. The first kappa shape index (κ1) is 17.2. The zero-order valence-electron chi connectivity index (χ0n) is 14.5. The van der Waals surface area contributed by atoms with Crippen LogP contribution in [0.5, 0.6) is 5.75 Å². The lowest BCUT2D eigenvalue weighted by Crippen LogP contribution is -2.14. The van der Waals surface area contributed by atoms with Crippen molar-refractivity contribution in [1.29, 1.82) is 0 Å². The van der Waals surface area contributed by atoms with E-state index in [0.717, 1.165) is 21.7 Å². The number of amides is 1. The fourth-order valence-corrected chi connectivity index (χ4v) is 3.47. The smallest absolute Gasteiger partial charge is 0.230 e. The van der Waals surface area contributed by atoms with Gasteiger partial charge in [0.25, 0.3) is 0 Å². The number of para-hydroxylation sites is 1. The molecule has 0 aliphatic carbocycles. The molecule has 0 radical (unpaired) electrons. The van der Waals surface area contributed by atoms with Crippen LogP contribution in [-0.2, 0) is 11.2 Å². The van der Waals surface area contributed by atoms with Gasteiger partial charge >= 0.3 is 0 Å². The molecule has 5 heteroatoms. The molecule has 2 aromatic carbocycles. The summed E-state index contributed by atoms with van der Waals surface area (Å²) in [6, 6.07) is 15.8. The van der Waals surface area contributed by atoms with Crippen molar-refractivity contribution in [3.8, 4) is 17.0 Å². The fraction of sp³-hybridized carbons (Fsp3) is 0.200. The highest BCUT2D eigenvalue weighted by molar-refractivity contribution is 7.16. The summed E-state index contributed by atoms with van der Waals surface area (Å²) in [6.45, 7) is 4.07. The number of aryl methyl sites for hydroxylation is 2. The molecular weight excluding hydrogens is 332 g/mol. The molecule has 1 N–H and O–H groups in total. The van der Waals surface area contributed by atoms with E-state index < -0.39 is 0 Å². The number of nitrogens with one attached hydrogen (secondary N) is 1. The third-order valence-electron chi connectivity index (χ3n) is 3.91. The maximum absolute atomic E-state index is 12.4. The second-order valence-corrected chi connectivity index (χ2v) is 7.03. The summed E-state index contributed by atoms with van der Waals surface area (Å²) >= 11 is 1.49. The van der Waals surface area contributed by atoms with Gasteiger partial charge in [0.1, 0.15) is 5.75 Å². The minimum absolute atomic E-state index is 0.103. The van der Waals surface area contributed by atoms with Gasteiger partial charge in [-0.1, -0.05) is 48.0 Å². The molecule has 0 aliphatic rings. The highest BCUT2D eigenvalue weighted by atomic mass is 32.1. The third-order valence-corrected chi connectivity index (χ3v) is 4.80. The molecule has 3 rings (SSSR count). The standard InChI is InChI=1S/C20H20N2O2S/c1-13-8-10-15(11-9-13)19-14(2)25-20(22-19)21-18(23)12-16-6-4-5-7-17(16)24-3/h4-11H,12H2,1-3H3,(H,21,22,23). The Labute approximate surface area is 151 Å². The van der Waals surface area contributed by atoms with Crippen molar-refractivity contribution < 1.29 is 9.53 Å². The number of benzene rings is 2. The number of nitrogens with zero attached hydrogens (tertiary/aromatic N) is 1. The molecule has 1 aromatic heterocycles. The Morgan fingerprint density at radius 2 is 1.84 bits per heavy atom. The van der Waals surface area contributed by atoms with E-state index in [9.17, 15) is 4.79 Å². The van der Waals surface area contributed by atoms with Gasteiger partial charge in [-0.25, -0.2) is 4.98 Å². The van der Waals surface area contributed by atoms with Crippen molar-refractivity contribution >= 4 is 22.4 Å². The van der Waals surface area contributed by atoms with Crippen molar-refractivity contribution in [3.05, 3.63) is 64.5 Å². The number of rotatable bonds is 5. The first-order valence-electron chi connectivity index (χ1n) is 8.03. The summed E-state index contributed by atoms with van der Waals surface area (Å²) in [4.78, 5) is 18.0. The Kier molecular flexibility index (Phi) is 5.14. The average Bonchev–Trinajstić information content (AvgIpc) is 2.96. The van der Waals surface area contributed by atoms with Crippen LogP contribution in [0.1, 0.15) is 16.0 Å². The Morgan fingerprint density at radius 1 is 1.12 bits per heavy atom. The molecule has 0 spiro atoms. The number of thiazole rings is 1. The largest absolute Gasteiger partial charge is 0.496 e. The number of hydrogen-bond donors (Lipinski definition) is 1. The average molecular weight is 352 g/mol. The predicted molar refractivity (Wildman–Crippen MR) is 102 cm³/mol. The molecule has 0 unspecified atom stereocenters. The Morgan fingerprint density at radius 3 is 2.56 bits per heavy atom. The van der Waals surface area contributed by atoms with E-state index in [1.54, 1.807) is 7.11 Å². The zero-order valence-corrected chi connectivity index (χ0v) is 15.3. The highest BCUT2D eigenvalue weighted by Gasteiger charge is 2.13. The molecule has 0 saturated heterocycles. The molecule has 0 atom stereocenters. The summed E-state index contributed by atoms with van der Waals surface area (Å²) < 4.78 is 5.29. The van der Waals surface area contributed by atoms with E-state index in [1.165, 1.54) is 16.9 Å². The van der Waals surface area contributed by atoms with E-state index in [4.69, 9.17) is 4.74 Å². The lowest BCUT2D eigenvalue weighted by atomic mass is 10.1. The minimum atomic E-state index is -0.103. The molecule has 0 bridgehead atoms. The first-order chi connectivity index (χ1) is 12.1. The van der Waals surface area contributed by atoms with Crippen LogP contribution < -0.4 is 10.1 Å². The predicted octanol–water partition coefficient (Wildman–Crippen LogP) is 4.62. The van der Waals surface area contributed by atoms with E-state index in [1.807, 2.05) is 31.2 Å². The molecule has 3 aromatic rings. The number of carbonyl (C=O) groups excluding carboxylic acids is 1. The van der Waals surface area contributed by atoms with Crippen LogP contribution in [0.15, 0.2) is 48.5 Å². The van der Waals surface area contributed by atoms with Gasteiger partial charge in [0.15, 0.2) is 5.13 Å². The topological polar surface area (TPSA) is 51.2 Å². The normalized spacial score (nSPS) is 10.5. The molecule has 4 nitrogen and oxygen atoms in total. The lowest BCUT2D eigenvalue weighted by molar-refractivity contribution is -0.115. The quantitative estimate of drug-likeness (QED) is 0.729. The molecular formula is C20H20N2O2S. The van der Waals surface area contributed by atoms with Crippen LogP contribution in [0.4, 0.5) is 5.13 Å². The summed E-state index contributed by atoms with van der Waals surface area (Å²) in [5, 5.41) is 3.52. The molecule has 1 heterocycles. The van der Waals surface area contributed by atoms with Gasteiger partial charge in [0.05, 0.1) is 19.2 Å². The third kappa shape index (κ3) is 4.06. The molecule has 0 fully saturated rings. The Bertz CT molecular complexity index is 885. The van der Waals surface area contributed by atoms with Gasteiger partial charge in [0, 0.05) is 16.0 Å². The van der Waals surface area contributed by atoms with E-state index in [2.05, 4.69) is 41.5 Å². The van der Waals surface area contributed by atoms with Crippen LogP contribution >= 0.6 is 11.3 Å². The zero-order chi connectivity index (χ0) is 17.8. The van der Waals surface area contributed by atoms with Crippen LogP contribution in [-0.4, -0.2) is 18.0 Å². The van der Waals surface area contributed by atoms with Crippen LogP contribution in [0.2, 0.25) is 0 Å². The number of methoxy groups -OCH3 is 1. The van der Waals surface area contributed by atoms with Crippen molar-refractivity contribution in [2.24, 2.45) is 0 Å². The van der Waals surface area contributed by atoms with E-state index in [0.29, 0.717) is 10.9 Å². The number of aromatic nitrogens is 1. The lowest BCUT2D eigenvalue weighted by Gasteiger charge is -2.07. The maximum atomic E-state index is 12.4. The first-order valence-corrected chi connectivity index (χ1v) is 8.84.